The van der Waals surface area contributed by atoms with Crippen LogP contribution in [0.25, 0.3) is 0 Å². The predicted octanol–water partition coefficient (Wildman–Crippen LogP) is 2.65. The van der Waals surface area contributed by atoms with Gasteiger partial charge in [-0.2, -0.15) is 8.42 Å². The van der Waals surface area contributed by atoms with Crippen molar-refractivity contribution in [1.82, 2.24) is 0 Å². The predicted molar refractivity (Wildman–Crippen MR) is 114 cm³/mol. The third-order valence-electron chi connectivity index (χ3n) is 4.04. The van der Waals surface area contributed by atoms with Gasteiger partial charge < -0.3 is 19.4 Å². The first kappa shape index (κ1) is 24.4. The van der Waals surface area contributed by atoms with Gasteiger partial charge in [0.25, 0.3) is 0 Å². The van der Waals surface area contributed by atoms with E-state index in [1.807, 2.05) is 6.07 Å². The van der Waals surface area contributed by atoms with Gasteiger partial charge in [-0.05, 0) is 44.0 Å². The molecule has 1 atom stereocenters. The van der Waals surface area contributed by atoms with Crippen molar-refractivity contribution in [2.24, 2.45) is 5.73 Å². The first-order valence-corrected chi connectivity index (χ1v) is 11.3. The lowest BCUT2D eigenvalue weighted by atomic mass is 9.87. The molecular formula is C22H27NO7S. The van der Waals surface area contributed by atoms with Crippen LogP contribution in [0.15, 0.2) is 54.6 Å². The molecule has 0 aliphatic carbocycles. The van der Waals surface area contributed by atoms with E-state index in [2.05, 4.69) is 0 Å². The maximum atomic E-state index is 13.0. The summed E-state index contributed by atoms with van der Waals surface area (Å²) in [7, 11) is -3.72. The van der Waals surface area contributed by atoms with Gasteiger partial charge in [0.05, 0.1) is 12.7 Å². The highest BCUT2D eigenvalue weighted by atomic mass is 32.2. The zero-order valence-corrected chi connectivity index (χ0v) is 18.8. The van der Waals surface area contributed by atoms with Gasteiger partial charge in [0.15, 0.2) is 5.54 Å². The molecule has 2 aromatic carbocycles. The van der Waals surface area contributed by atoms with Gasteiger partial charge in [-0.3, -0.25) is 4.79 Å². The molecule has 2 N–H and O–H groups in total. The minimum atomic E-state index is -3.72. The Labute approximate surface area is 182 Å². The molecule has 2 rings (SSSR count). The highest BCUT2D eigenvalue weighted by Gasteiger charge is 2.41. The molecular weight excluding hydrogens is 422 g/mol. The third-order valence-corrected chi connectivity index (χ3v) is 4.53. The fourth-order valence-corrected chi connectivity index (χ4v) is 3.19. The number of carbonyl (C=O) groups excluding carboxylic acids is 2. The second kappa shape index (κ2) is 9.49. The van der Waals surface area contributed by atoms with Crippen molar-refractivity contribution in [1.29, 1.82) is 0 Å². The summed E-state index contributed by atoms with van der Waals surface area (Å²) in [6, 6.07) is 14.5. The molecule has 0 aliphatic heterocycles. The van der Waals surface area contributed by atoms with Crippen molar-refractivity contribution in [2.45, 2.75) is 44.9 Å². The molecule has 0 bridgehead atoms. The molecule has 168 valence electrons. The maximum absolute atomic E-state index is 13.0. The van der Waals surface area contributed by atoms with Crippen LogP contribution in [0.4, 0.5) is 0 Å². The van der Waals surface area contributed by atoms with Gasteiger partial charge in [-0.1, -0.05) is 42.5 Å². The molecule has 0 saturated carbocycles. The summed E-state index contributed by atoms with van der Waals surface area (Å²) in [5.41, 5.74) is 4.78. The van der Waals surface area contributed by atoms with Gasteiger partial charge in [-0.25, -0.2) is 4.79 Å². The molecule has 2 aromatic rings. The summed E-state index contributed by atoms with van der Waals surface area (Å²) in [4.78, 5) is 25.4. The average molecular weight is 450 g/mol. The molecule has 0 fully saturated rings. The van der Waals surface area contributed by atoms with Crippen molar-refractivity contribution in [3.63, 3.8) is 0 Å². The number of ether oxygens (including phenoxy) is 2. The zero-order chi connectivity index (χ0) is 23.3. The molecule has 0 heterocycles. The first-order valence-electron chi connectivity index (χ1n) is 9.50. The van der Waals surface area contributed by atoms with E-state index in [1.165, 1.54) is 24.3 Å². The summed E-state index contributed by atoms with van der Waals surface area (Å²) >= 11 is 0. The topological polar surface area (TPSA) is 122 Å². The average Bonchev–Trinajstić information content (AvgIpc) is 2.64. The minimum Gasteiger partial charge on any atom is -0.460 e. The van der Waals surface area contributed by atoms with Gasteiger partial charge in [0.1, 0.15) is 18.0 Å². The lowest BCUT2D eigenvalue weighted by Crippen LogP contribution is -2.48. The largest absolute Gasteiger partial charge is 0.460 e. The van der Waals surface area contributed by atoms with Gasteiger partial charge in [-0.15, -0.1) is 0 Å². The molecule has 0 saturated heterocycles. The van der Waals surface area contributed by atoms with Crippen LogP contribution in [0.2, 0.25) is 0 Å². The monoisotopic (exact) mass is 449 g/mol. The fourth-order valence-electron chi connectivity index (χ4n) is 2.73. The van der Waals surface area contributed by atoms with Crippen LogP contribution >= 0.6 is 0 Å². The van der Waals surface area contributed by atoms with Crippen molar-refractivity contribution < 1.29 is 31.7 Å². The number of hydrogen-bond acceptors (Lipinski definition) is 8. The number of rotatable bonds is 8. The van der Waals surface area contributed by atoms with E-state index in [1.54, 1.807) is 45.0 Å². The molecule has 31 heavy (non-hydrogen) atoms. The van der Waals surface area contributed by atoms with Crippen molar-refractivity contribution >= 4 is 22.1 Å². The molecule has 1 unspecified atom stereocenters. The molecule has 0 aliphatic rings. The van der Waals surface area contributed by atoms with Crippen molar-refractivity contribution in [3.8, 4) is 5.75 Å². The van der Waals surface area contributed by atoms with Crippen molar-refractivity contribution in [2.75, 3.05) is 6.26 Å². The van der Waals surface area contributed by atoms with Crippen LogP contribution in [0.3, 0.4) is 0 Å². The number of benzene rings is 2. The summed E-state index contributed by atoms with van der Waals surface area (Å²) in [6.45, 7) is 5.08. The maximum Gasteiger partial charge on any atom is 0.331 e. The molecule has 0 aromatic heterocycles. The van der Waals surface area contributed by atoms with Crippen LogP contribution in [0, 0.1) is 0 Å². The first-order chi connectivity index (χ1) is 14.3. The Morgan fingerprint density at radius 1 is 0.968 bits per heavy atom. The number of carbonyl (C=O) groups is 2. The van der Waals surface area contributed by atoms with Crippen LogP contribution < -0.4 is 9.92 Å². The standard InChI is InChI=1S/C22H27NO7S/c1-21(2,3)29-19(24)14-22(23,20(25)28-15-16-8-6-5-7-9-16)17-10-12-18(13-11-17)30-31(4,26)27/h5-13H,14-15,23H2,1-4H3. The van der Waals surface area contributed by atoms with E-state index in [0.29, 0.717) is 0 Å². The Bertz CT molecular complexity index is 1010. The molecule has 0 spiro atoms. The molecule has 8 nitrogen and oxygen atoms in total. The summed E-state index contributed by atoms with van der Waals surface area (Å²) < 4.78 is 38.1. The third kappa shape index (κ3) is 7.69. The molecule has 0 radical (unpaired) electrons. The van der Waals surface area contributed by atoms with Crippen LogP contribution in [-0.2, 0) is 41.3 Å². The lowest BCUT2D eigenvalue weighted by molar-refractivity contribution is -0.163. The van der Waals surface area contributed by atoms with Crippen LogP contribution in [0.5, 0.6) is 5.75 Å². The van der Waals surface area contributed by atoms with Gasteiger partial charge >= 0.3 is 22.1 Å². The summed E-state index contributed by atoms with van der Waals surface area (Å²) in [5.74, 6) is -1.45. The fraction of sp³-hybridized carbons (Fsp3) is 0.364. The SMILES string of the molecule is CC(C)(C)OC(=O)CC(N)(C(=O)OCc1ccccc1)c1ccc(OS(C)(=O)=O)cc1. The quantitative estimate of drug-likeness (QED) is 0.482. The van der Waals surface area contributed by atoms with Crippen molar-refractivity contribution in [3.05, 3.63) is 65.7 Å². The van der Waals surface area contributed by atoms with Crippen LogP contribution in [-0.4, -0.2) is 32.2 Å². The second-order valence-electron chi connectivity index (χ2n) is 8.11. The zero-order valence-electron chi connectivity index (χ0n) is 18.0. The van der Waals surface area contributed by atoms with Gasteiger partial charge in [0, 0.05) is 0 Å². The Morgan fingerprint density at radius 3 is 2.06 bits per heavy atom. The highest BCUT2D eigenvalue weighted by molar-refractivity contribution is 7.86. The van der Waals surface area contributed by atoms with E-state index in [0.717, 1.165) is 11.8 Å². The minimum absolute atomic E-state index is 0.0256. The normalized spacial score (nSPS) is 13.7. The smallest absolute Gasteiger partial charge is 0.331 e. The lowest BCUT2D eigenvalue weighted by Gasteiger charge is -2.29. The summed E-state index contributed by atoms with van der Waals surface area (Å²) in [6.07, 6.45) is 0.446. The number of esters is 2. The Balaban J connectivity index is 2.30. The van der Waals surface area contributed by atoms with E-state index in [-0.39, 0.29) is 17.9 Å². The Kier molecular flexibility index (Phi) is 7.45. The summed E-state index contributed by atoms with van der Waals surface area (Å²) in [5, 5.41) is 0. The van der Waals surface area contributed by atoms with E-state index in [9.17, 15) is 18.0 Å². The van der Waals surface area contributed by atoms with E-state index >= 15 is 0 Å². The molecule has 0 amide bonds. The number of hydrogen-bond donors (Lipinski definition) is 1. The Hall–Kier alpha value is -2.91. The van der Waals surface area contributed by atoms with Gasteiger partial charge in [0.2, 0.25) is 0 Å². The van der Waals surface area contributed by atoms with E-state index in [4.69, 9.17) is 19.4 Å². The Morgan fingerprint density at radius 2 is 1.55 bits per heavy atom. The number of nitrogens with two attached hydrogens (primary N) is 1. The van der Waals surface area contributed by atoms with E-state index < -0.39 is 39.6 Å². The molecule has 9 heteroatoms. The second-order valence-corrected chi connectivity index (χ2v) is 9.68. The van der Waals surface area contributed by atoms with Crippen LogP contribution in [0.1, 0.15) is 38.3 Å². The highest BCUT2D eigenvalue weighted by Crippen LogP contribution is 2.28.